The van der Waals surface area contributed by atoms with Gasteiger partial charge < -0.3 is 0 Å². The molecule has 0 aliphatic rings. The van der Waals surface area contributed by atoms with E-state index in [4.69, 9.17) is 4.74 Å². The third-order valence-corrected chi connectivity index (χ3v) is 7.57. The van der Waals surface area contributed by atoms with Crippen molar-refractivity contribution in [3.63, 3.8) is 0 Å². The summed E-state index contributed by atoms with van der Waals surface area (Å²) in [7, 11) is 2.01. The Morgan fingerprint density at radius 2 is 1.95 bits per heavy atom. The average Bonchev–Trinajstić information content (AvgIpc) is 3.09. The Morgan fingerprint density at radius 3 is 2.77 bits per heavy atom. The van der Waals surface area contributed by atoms with E-state index in [0.29, 0.717) is 0 Å². The number of thiophene rings is 1. The van der Waals surface area contributed by atoms with Gasteiger partial charge in [0.1, 0.15) is 0 Å². The van der Waals surface area contributed by atoms with E-state index >= 15 is 0 Å². The van der Waals surface area contributed by atoms with E-state index in [1.54, 1.807) is 11.3 Å². The minimum absolute atomic E-state index is 0.0567. The van der Waals surface area contributed by atoms with Crippen LogP contribution in [0.25, 0.3) is 10.8 Å². The first kappa shape index (κ1) is 15.8. The summed E-state index contributed by atoms with van der Waals surface area (Å²) in [6.07, 6.45) is 0. The molecule has 0 radical (unpaired) electrons. The second-order valence-corrected chi connectivity index (χ2v) is 8.94. The van der Waals surface area contributed by atoms with Gasteiger partial charge in [-0.15, -0.1) is 0 Å². The fourth-order valence-electron chi connectivity index (χ4n) is 2.24. The number of rotatable bonds is 7. The topological polar surface area (TPSA) is 21.3 Å². The van der Waals surface area contributed by atoms with Gasteiger partial charge >= 0.3 is 146 Å². The van der Waals surface area contributed by atoms with Gasteiger partial charge in [0, 0.05) is 0 Å². The minimum atomic E-state index is -0.0567. The number of alkyl halides is 2. The molecular formula is C18H19INOS-. The molecule has 1 unspecified atom stereocenters. The Balaban J connectivity index is 1.85. The Hall–Kier alpha value is -1.11. The normalized spacial score (nSPS) is 12.6. The molecule has 22 heavy (non-hydrogen) atoms. The van der Waals surface area contributed by atoms with Crippen LogP contribution in [-0.4, -0.2) is 18.0 Å². The molecule has 1 N–H and O–H groups in total. The molecular weight excluding hydrogens is 405 g/mol. The SMILES string of the molecule is CNCC[I-]C(Oc1cccc2ccccc12)c1cccs1. The van der Waals surface area contributed by atoms with Crippen LogP contribution < -0.4 is 31.3 Å². The predicted octanol–water partition coefficient (Wildman–Crippen LogP) is 1.29. The van der Waals surface area contributed by atoms with Crippen LogP contribution >= 0.6 is 11.3 Å². The van der Waals surface area contributed by atoms with Gasteiger partial charge in [-0.2, -0.15) is 0 Å². The van der Waals surface area contributed by atoms with Gasteiger partial charge in [0.15, 0.2) is 0 Å². The molecule has 2 nitrogen and oxygen atoms in total. The van der Waals surface area contributed by atoms with Crippen LogP contribution in [0.4, 0.5) is 0 Å². The zero-order valence-corrected chi connectivity index (χ0v) is 15.4. The van der Waals surface area contributed by atoms with E-state index in [0.717, 1.165) is 12.3 Å². The Bertz CT molecular complexity index is 709. The van der Waals surface area contributed by atoms with Crippen molar-refractivity contribution in [1.29, 1.82) is 0 Å². The van der Waals surface area contributed by atoms with Crippen molar-refractivity contribution < 1.29 is 25.9 Å². The Morgan fingerprint density at radius 1 is 1.09 bits per heavy atom. The van der Waals surface area contributed by atoms with E-state index in [1.165, 1.54) is 20.1 Å². The van der Waals surface area contributed by atoms with Crippen molar-refractivity contribution >= 4 is 22.1 Å². The molecule has 0 aliphatic heterocycles. The summed E-state index contributed by atoms with van der Waals surface area (Å²) in [4.78, 5) is 1.34. The summed E-state index contributed by atoms with van der Waals surface area (Å²) in [5.74, 6) is 1.00. The van der Waals surface area contributed by atoms with E-state index < -0.39 is 0 Å². The van der Waals surface area contributed by atoms with Crippen molar-refractivity contribution in [3.8, 4) is 5.75 Å². The molecule has 1 heterocycles. The first-order valence-electron chi connectivity index (χ1n) is 7.28. The molecule has 3 aromatic rings. The predicted molar refractivity (Wildman–Crippen MR) is 90.4 cm³/mol. The Labute approximate surface area is 145 Å². The number of benzene rings is 2. The quantitative estimate of drug-likeness (QED) is 0.351. The molecule has 0 bridgehead atoms. The van der Waals surface area contributed by atoms with Crippen LogP contribution in [0.2, 0.25) is 0 Å². The molecule has 1 atom stereocenters. The summed E-state index contributed by atoms with van der Waals surface area (Å²) in [5.41, 5.74) is 0. The van der Waals surface area contributed by atoms with Crippen molar-refractivity contribution in [2.45, 2.75) is 4.11 Å². The van der Waals surface area contributed by atoms with Gasteiger partial charge in [0.2, 0.25) is 0 Å². The monoisotopic (exact) mass is 424 g/mol. The van der Waals surface area contributed by atoms with Crippen LogP contribution in [0.3, 0.4) is 0 Å². The van der Waals surface area contributed by atoms with E-state index in [9.17, 15) is 0 Å². The molecule has 0 saturated heterocycles. The maximum atomic E-state index is 6.45. The standard InChI is InChI=1S/C18H19INOS/c1-20-12-11-19-18(17-10-5-13-22-17)21-16-9-4-7-14-6-2-3-8-15(14)16/h2-10,13,18,20H,11-12H2,1H3/q-1. The number of hydrogen-bond acceptors (Lipinski definition) is 3. The molecule has 0 aliphatic carbocycles. The van der Waals surface area contributed by atoms with Crippen molar-refractivity contribution in [2.24, 2.45) is 0 Å². The molecule has 0 amide bonds. The first-order valence-corrected chi connectivity index (χ1v) is 10.9. The maximum absolute atomic E-state index is 6.45. The number of nitrogens with one attached hydrogen (secondary N) is 1. The van der Waals surface area contributed by atoms with Gasteiger partial charge in [-0.25, -0.2) is 0 Å². The van der Waals surface area contributed by atoms with Crippen LogP contribution in [0.1, 0.15) is 8.99 Å². The fraction of sp³-hybridized carbons (Fsp3) is 0.222. The first-order chi connectivity index (χ1) is 10.9. The van der Waals surface area contributed by atoms with Gasteiger partial charge in [0.05, 0.1) is 0 Å². The van der Waals surface area contributed by atoms with Crippen LogP contribution in [0.5, 0.6) is 5.75 Å². The molecule has 0 saturated carbocycles. The van der Waals surface area contributed by atoms with Crippen molar-refractivity contribution in [3.05, 3.63) is 64.9 Å². The molecule has 2 aromatic carbocycles. The van der Waals surface area contributed by atoms with Crippen molar-refractivity contribution in [2.75, 3.05) is 18.0 Å². The summed E-state index contributed by atoms with van der Waals surface area (Å²) >= 11 is 1.74. The van der Waals surface area contributed by atoms with Gasteiger partial charge in [-0.3, -0.25) is 0 Å². The summed E-state index contributed by atoms with van der Waals surface area (Å²) < 4.78 is 7.90. The summed E-state index contributed by atoms with van der Waals surface area (Å²) in [5, 5.41) is 7.81. The van der Waals surface area contributed by atoms with Gasteiger partial charge in [0.25, 0.3) is 0 Å². The fourth-order valence-corrected chi connectivity index (χ4v) is 6.25. The van der Waals surface area contributed by atoms with Gasteiger partial charge in [-0.05, 0) is 0 Å². The third-order valence-electron chi connectivity index (χ3n) is 3.34. The number of fused-ring (bicyclic) bond motifs is 1. The third kappa shape index (κ3) is 3.80. The van der Waals surface area contributed by atoms with Crippen LogP contribution in [-0.2, 0) is 0 Å². The second-order valence-electron chi connectivity index (χ2n) is 4.87. The molecule has 0 spiro atoms. The molecule has 0 fully saturated rings. The Kier molecular flexibility index (Phi) is 5.70. The average molecular weight is 424 g/mol. The van der Waals surface area contributed by atoms with Crippen LogP contribution in [0, 0.1) is 0 Å². The van der Waals surface area contributed by atoms with E-state index in [1.807, 2.05) is 7.05 Å². The van der Waals surface area contributed by atoms with Crippen molar-refractivity contribution in [1.82, 2.24) is 5.32 Å². The zero-order chi connectivity index (χ0) is 15.2. The van der Waals surface area contributed by atoms with E-state index in [2.05, 4.69) is 65.3 Å². The van der Waals surface area contributed by atoms with Gasteiger partial charge in [-0.1, -0.05) is 0 Å². The van der Waals surface area contributed by atoms with Crippen LogP contribution in [0.15, 0.2) is 60.0 Å². The molecule has 1 aromatic heterocycles. The second kappa shape index (κ2) is 7.94. The summed E-state index contributed by atoms with van der Waals surface area (Å²) in [6.45, 7) is 1.06. The van der Waals surface area contributed by atoms with E-state index in [-0.39, 0.29) is 25.3 Å². The zero-order valence-electron chi connectivity index (χ0n) is 12.5. The summed E-state index contributed by atoms with van der Waals surface area (Å²) in [6, 6.07) is 19.0. The molecule has 3 rings (SSSR count). The molecule has 4 heteroatoms. The number of halogens is 1. The molecule has 116 valence electrons. The number of hydrogen-bond donors (Lipinski definition) is 1. The number of ether oxygens (including phenoxy) is 1.